The molecule has 2 rings (SSSR count). The summed E-state index contributed by atoms with van der Waals surface area (Å²) in [6, 6.07) is 6.30. The zero-order chi connectivity index (χ0) is 13.3. The van der Waals surface area contributed by atoms with E-state index in [0.717, 1.165) is 15.4 Å². The molecule has 1 unspecified atom stereocenters. The van der Waals surface area contributed by atoms with Crippen LogP contribution in [-0.2, 0) is 6.42 Å². The minimum atomic E-state index is -0.798. The van der Waals surface area contributed by atoms with Crippen molar-refractivity contribution < 1.29 is 8.78 Å². The van der Waals surface area contributed by atoms with Crippen molar-refractivity contribution in [3.63, 3.8) is 0 Å². The lowest BCUT2D eigenvalue weighted by Crippen LogP contribution is -1.99. The lowest BCUT2D eigenvalue weighted by atomic mass is 10.1. The second-order valence-electron chi connectivity index (χ2n) is 3.95. The maximum Gasteiger partial charge on any atom is 0.162 e. The molecule has 0 saturated heterocycles. The van der Waals surface area contributed by atoms with Gasteiger partial charge in [0.05, 0.1) is 4.83 Å². The lowest BCUT2D eigenvalue weighted by molar-refractivity contribution is 0.498. The molecular weight excluding hydrogens is 386 g/mol. The molecule has 0 amide bonds. The van der Waals surface area contributed by atoms with E-state index in [2.05, 4.69) is 31.9 Å². The molecule has 0 fully saturated rings. The van der Waals surface area contributed by atoms with Gasteiger partial charge in [-0.1, -0.05) is 28.1 Å². The fourth-order valence-electron chi connectivity index (χ4n) is 1.71. The van der Waals surface area contributed by atoms with Gasteiger partial charge in [-0.05, 0) is 47.0 Å². The van der Waals surface area contributed by atoms with Crippen molar-refractivity contribution in [2.24, 2.45) is 0 Å². The molecule has 1 heterocycles. The fourth-order valence-corrected chi connectivity index (χ4v) is 4.79. The summed E-state index contributed by atoms with van der Waals surface area (Å²) in [5.41, 5.74) is 0.384. The number of hydrogen-bond acceptors (Lipinski definition) is 1. The SMILES string of the molecule is Cc1cc(Br)c(C(Br)Cc2cccc(F)c2F)s1. The second-order valence-corrected chi connectivity index (χ2v) is 7.20. The number of alkyl halides is 1. The molecule has 1 aromatic heterocycles. The Balaban J connectivity index is 2.24. The molecule has 0 radical (unpaired) electrons. The Bertz CT molecular complexity index is 566. The molecule has 96 valence electrons. The van der Waals surface area contributed by atoms with E-state index < -0.39 is 11.6 Å². The number of hydrogen-bond donors (Lipinski definition) is 0. The molecule has 1 atom stereocenters. The van der Waals surface area contributed by atoms with Crippen molar-refractivity contribution in [1.29, 1.82) is 0 Å². The number of halogens is 4. The van der Waals surface area contributed by atoms with Crippen LogP contribution >= 0.6 is 43.2 Å². The van der Waals surface area contributed by atoms with E-state index in [1.165, 1.54) is 10.9 Å². The van der Waals surface area contributed by atoms with E-state index in [9.17, 15) is 8.78 Å². The number of rotatable bonds is 3. The van der Waals surface area contributed by atoms with Gasteiger partial charge < -0.3 is 0 Å². The summed E-state index contributed by atoms with van der Waals surface area (Å²) >= 11 is 8.66. The van der Waals surface area contributed by atoms with Crippen molar-refractivity contribution in [2.45, 2.75) is 18.2 Å². The second kappa shape index (κ2) is 5.80. The van der Waals surface area contributed by atoms with E-state index in [-0.39, 0.29) is 4.83 Å². The predicted molar refractivity (Wildman–Crippen MR) is 78.5 cm³/mol. The molecule has 0 aliphatic rings. The molecule has 18 heavy (non-hydrogen) atoms. The van der Waals surface area contributed by atoms with Crippen molar-refractivity contribution in [2.75, 3.05) is 0 Å². The summed E-state index contributed by atoms with van der Waals surface area (Å²) in [6.07, 6.45) is 0.419. The summed E-state index contributed by atoms with van der Waals surface area (Å²) in [5, 5.41) is 0. The number of benzene rings is 1. The molecule has 2 aromatic rings. The topological polar surface area (TPSA) is 0 Å². The van der Waals surface area contributed by atoms with Gasteiger partial charge in [0.1, 0.15) is 0 Å². The zero-order valence-corrected chi connectivity index (χ0v) is 13.5. The van der Waals surface area contributed by atoms with Crippen LogP contribution in [0.3, 0.4) is 0 Å². The average molecular weight is 396 g/mol. The number of aryl methyl sites for hydroxylation is 1. The highest BCUT2D eigenvalue weighted by Crippen LogP contribution is 2.38. The van der Waals surface area contributed by atoms with Gasteiger partial charge in [0.2, 0.25) is 0 Å². The minimum absolute atomic E-state index is 0.0260. The minimum Gasteiger partial charge on any atom is -0.204 e. The van der Waals surface area contributed by atoms with Crippen molar-refractivity contribution in [3.05, 3.63) is 55.7 Å². The number of thiophene rings is 1. The largest absolute Gasteiger partial charge is 0.204 e. The monoisotopic (exact) mass is 394 g/mol. The van der Waals surface area contributed by atoms with Gasteiger partial charge in [-0.2, -0.15) is 0 Å². The molecule has 5 heteroatoms. The van der Waals surface area contributed by atoms with Crippen LogP contribution in [0.2, 0.25) is 0 Å². The van der Waals surface area contributed by atoms with Gasteiger partial charge in [-0.3, -0.25) is 0 Å². The van der Waals surface area contributed by atoms with Gasteiger partial charge in [0, 0.05) is 14.2 Å². The van der Waals surface area contributed by atoms with Gasteiger partial charge in [-0.15, -0.1) is 11.3 Å². The Morgan fingerprint density at radius 2 is 2.06 bits per heavy atom. The van der Waals surface area contributed by atoms with E-state index in [4.69, 9.17) is 0 Å². The van der Waals surface area contributed by atoms with Crippen molar-refractivity contribution >= 4 is 43.2 Å². The summed E-state index contributed by atoms with van der Waals surface area (Å²) in [7, 11) is 0. The third-order valence-corrected chi connectivity index (χ3v) is 5.72. The first-order valence-corrected chi connectivity index (χ1v) is 7.84. The van der Waals surface area contributed by atoms with Gasteiger partial charge in [0.15, 0.2) is 11.6 Å². The standard InChI is InChI=1S/C13H10Br2F2S/c1-7-5-9(14)13(18-7)10(15)6-8-3-2-4-11(16)12(8)17/h2-5,10H,6H2,1H3. The highest BCUT2D eigenvalue weighted by atomic mass is 79.9. The third kappa shape index (κ3) is 3.00. The average Bonchev–Trinajstić information content (AvgIpc) is 2.64. The maximum absolute atomic E-state index is 13.6. The van der Waals surface area contributed by atoms with E-state index in [1.807, 2.05) is 13.0 Å². The molecule has 0 aliphatic carbocycles. The Kier molecular flexibility index (Phi) is 4.56. The van der Waals surface area contributed by atoms with Gasteiger partial charge in [-0.25, -0.2) is 8.78 Å². The Morgan fingerprint density at radius 3 is 2.67 bits per heavy atom. The molecule has 0 N–H and O–H groups in total. The van der Waals surface area contributed by atoms with Crippen LogP contribution in [0.25, 0.3) is 0 Å². The van der Waals surface area contributed by atoms with E-state index in [1.54, 1.807) is 17.4 Å². The molecule has 0 spiro atoms. The van der Waals surface area contributed by atoms with Crippen LogP contribution in [0, 0.1) is 18.6 Å². The van der Waals surface area contributed by atoms with Crippen LogP contribution < -0.4 is 0 Å². The first kappa shape index (κ1) is 14.2. The third-order valence-electron chi connectivity index (χ3n) is 2.55. The van der Waals surface area contributed by atoms with Gasteiger partial charge in [0.25, 0.3) is 0 Å². The summed E-state index contributed by atoms with van der Waals surface area (Å²) in [5.74, 6) is -1.56. The Morgan fingerprint density at radius 1 is 1.33 bits per heavy atom. The molecule has 1 aromatic carbocycles. The van der Waals surface area contributed by atoms with Crippen molar-refractivity contribution in [1.82, 2.24) is 0 Å². The van der Waals surface area contributed by atoms with E-state index in [0.29, 0.717) is 12.0 Å². The van der Waals surface area contributed by atoms with Crippen molar-refractivity contribution in [3.8, 4) is 0 Å². The highest BCUT2D eigenvalue weighted by molar-refractivity contribution is 9.11. The first-order valence-electron chi connectivity index (χ1n) is 5.32. The molecule has 0 aliphatic heterocycles. The summed E-state index contributed by atoms with van der Waals surface area (Å²) in [4.78, 5) is 2.25. The van der Waals surface area contributed by atoms with Crippen LogP contribution in [-0.4, -0.2) is 0 Å². The predicted octanol–water partition coefficient (Wildman–Crippen LogP) is 5.78. The zero-order valence-electron chi connectivity index (χ0n) is 9.51. The maximum atomic E-state index is 13.6. The highest BCUT2D eigenvalue weighted by Gasteiger charge is 2.17. The Labute approximate surface area is 125 Å². The molecule has 0 bridgehead atoms. The molecule has 0 saturated carbocycles. The van der Waals surface area contributed by atoms with E-state index >= 15 is 0 Å². The normalized spacial score (nSPS) is 12.7. The Hall–Kier alpha value is -0.260. The molecule has 0 nitrogen and oxygen atoms in total. The van der Waals surface area contributed by atoms with Gasteiger partial charge >= 0.3 is 0 Å². The smallest absolute Gasteiger partial charge is 0.162 e. The molecular formula is C13H10Br2F2S. The lowest BCUT2D eigenvalue weighted by Gasteiger charge is -2.10. The fraction of sp³-hybridized carbons (Fsp3) is 0.231. The van der Waals surface area contributed by atoms with Crippen LogP contribution in [0.5, 0.6) is 0 Å². The van der Waals surface area contributed by atoms with Crippen LogP contribution in [0.4, 0.5) is 8.78 Å². The van der Waals surface area contributed by atoms with Crippen LogP contribution in [0.15, 0.2) is 28.7 Å². The first-order chi connectivity index (χ1) is 8.49. The quantitative estimate of drug-likeness (QED) is 0.578. The summed E-state index contributed by atoms with van der Waals surface area (Å²) in [6.45, 7) is 2.02. The van der Waals surface area contributed by atoms with Crippen LogP contribution in [0.1, 0.15) is 20.1 Å². The summed E-state index contributed by atoms with van der Waals surface area (Å²) < 4.78 is 27.7.